The van der Waals surface area contributed by atoms with Crippen LogP contribution in [0.15, 0.2) is 0 Å². The third-order valence-corrected chi connectivity index (χ3v) is 4.73. The summed E-state index contributed by atoms with van der Waals surface area (Å²) in [6, 6.07) is 0.419. The normalized spacial score (nSPS) is 26.3. The Morgan fingerprint density at radius 2 is 2.05 bits per heavy atom. The van der Waals surface area contributed by atoms with E-state index >= 15 is 0 Å². The molecule has 1 aliphatic carbocycles. The van der Waals surface area contributed by atoms with Crippen LogP contribution in [0, 0.1) is 5.41 Å². The maximum atomic E-state index is 12.8. The molecule has 19 heavy (non-hydrogen) atoms. The van der Waals surface area contributed by atoms with Crippen LogP contribution in [-0.4, -0.2) is 48.2 Å². The zero-order valence-electron chi connectivity index (χ0n) is 12.2. The van der Waals surface area contributed by atoms with Crippen molar-refractivity contribution in [1.29, 1.82) is 0 Å². The van der Waals surface area contributed by atoms with Crippen LogP contribution < -0.4 is 5.32 Å². The lowest BCUT2D eigenvalue weighted by Crippen LogP contribution is -2.49. The predicted molar refractivity (Wildman–Crippen MR) is 75.9 cm³/mol. The Hall–Kier alpha value is -0.610. The second-order valence-electron chi connectivity index (χ2n) is 6.39. The average Bonchev–Trinajstić information content (AvgIpc) is 2.91. The van der Waals surface area contributed by atoms with Crippen LogP contribution in [0.25, 0.3) is 0 Å². The van der Waals surface area contributed by atoms with E-state index < -0.39 is 0 Å². The van der Waals surface area contributed by atoms with Crippen LogP contribution in [0.3, 0.4) is 0 Å². The quantitative estimate of drug-likeness (QED) is 0.795. The van der Waals surface area contributed by atoms with Crippen molar-refractivity contribution >= 4 is 5.91 Å². The van der Waals surface area contributed by atoms with Crippen molar-refractivity contribution in [1.82, 2.24) is 10.2 Å². The first-order valence-electron chi connectivity index (χ1n) is 7.79. The molecule has 0 bridgehead atoms. The van der Waals surface area contributed by atoms with E-state index in [1.807, 2.05) is 4.90 Å². The van der Waals surface area contributed by atoms with Gasteiger partial charge in [0.25, 0.3) is 0 Å². The molecule has 2 aliphatic rings. The average molecular weight is 268 g/mol. The van der Waals surface area contributed by atoms with Crippen molar-refractivity contribution in [2.45, 2.75) is 57.9 Å². The third kappa shape index (κ3) is 3.69. The Kier molecular flexibility index (Phi) is 5.22. The van der Waals surface area contributed by atoms with Crippen molar-refractivity contribution in [2.24, 2.45) is 5.41 Å². The summed E-state index contributed by atoms with van der Waals surface area (Å²) in [5.41, 5.74) is -0.188. The molecule has 1 atom stereocenters. The van der Waals surface area contributed by atoms with Crippen molar-refractivity contribution in [3.63, 3.8) is 0 Å². The fourth-order valence-electron chi connectivity index (χ4n) is 3.50. The summed E-state index contributed by atoms with van der Waals surface area (Å²) >= 11 is 0. The molecule has 1 unspecified atom stereocenters. The van der Waals surface area contributed by atoms with Gasteiger partial charge in [-0.25, -0.2) is 0 Å². The smallest absolute Gasteiger partial charge is 0.228 e. The van der Waals surface area contributed by atoms with Crippen molar-refractivity contribution in [3.8, 4) is 0 Å². The van der Waals surface area contributed by atoms with E-state index in [1.54, 1.807) is 0 Å². The summed E-state index contributed by atoms with van der Waals surface area (Å²) in [5, 5.41) is 12.7. The molecule has 0 aromatic carbocycles. The molecular formula is C15H28N2O2. The van der Waals surface area contributed by atoms with Crippen LogP contribution in [0.2, 0.25) is 0 Å². The molecule has 2 fully saturated rings. The molecule has 1 amide bonds. The Morgan fingerprint density at radius 1 is 1.32 bits per heavy atom. The molecule has 2 N–H and O–H groups in total. The highest BCUT2D eigenvalue weighted by Crippen LogP contribution is 2.37. The fraction of sp³-hybridized carbons (Fsp3) is 0.933. The molecule has 1 heterocycles. The SMILES string of the molecule is CC1(C(=O)N(CCO)CC2CCCN2)CCCCC1. The summed E-state index contributed by atoms with van der Waals surface area (Å²) in [6.07, 6.45) is 7.94. The molecule has 4 nitrogen and oxygen atoms in total. The van der Waals surface area contributed by atoms with Gasteiger partial charge in [-0.2, -0.15) is 0 Å². The van der Waals surface area contributed by atoms with Crippen LogP contribution in [0.4, 0.5) is 0 Å². The first kappa shape index (κ1) is 14.8. The van der Waals surface area contributed by atoms with Gasteiger partial charge in [0.1, 0.15) is 0 Å². The van der Waals surface area contributed by atoms with E-state index in [-0.39, 0.29) is 17.9 Å². The van der Waals surface area contributed by atoms with Gasteiger partial charge in [-0.3, -0.25) is 4.79 Å². The van der Waals surface area contributed by atoms with Crippen LogP contribution >= 0.6 is 0 Å². The standard InChI is InChI=1S/C15H28N2O2/c1-15(7-3-2-4-8-15)14(19)17(10-11-18)12-13-6-5-9-16-13/h13,16,18H,2-12H2,1H3. The van der Waals surface area contributed by atoms with Crippen molar-refractivity contribution in [2.75, 3.05) is 26.2 Å². The molecule has 110 valence electrons. The molecule has 2 rings (SSSR count). The summed E-state index contributed by atoms with van der Waals surface area (Å²) < 4.78 is 0. The highest BCUT2D eigenvalue weighted by Gasteiger charge is 2.38. The lowest BCUT2D eigenvalue weighted by atomic mass is 9.74. The van der Waals surface area contributed by atoms with E-state index in [2.05, 4.69) is 12.2 Å². The van der Waals surface area contributed by atoms with Gasteiger partial charge >= 0.3 is 0 Å². The summed E-state index contributed by atoms with van der Waals surface area (Å²) in [6.45, 7) is 4.47. The predicted octanol–water partition coefficient (Wildman–Crippen LogP) is 1.53. The third-order valence-electron chi connectivity index (χ3n) is 4.73. The van der Waals surface area contributed by atoms with E-state index in [0.29, 0.717) is 12.6 Å². The second kappa shape index (κ2) is 6.71. The van der Waals surface area contributed by atoms with Crippen molar-refractivity contribution in [3.05, 3.63) is 0 Å². The van der Waals surface area contributed by atoms with Gasteiger partial charge in [0.2, 0.25) is 5.91 Å². The molecule has 1 saturated heterocycles. The minimum absolute atomic E-state index is 0.0640. The first-order chi connectivity index (χ1) is 9.15. The lowest BCUT2D eigenvalue weighted by molar-refractivity contribution is -0.144. The van der Waals surface area contributed by atoms with Gasteiger partial charge in [-0.15, -0.1) is 0 Å². The molecule has 1 saturated carbocycles. The number of hydrogen-bond acceptors (Lipinski definition) is 3. The second-order valence-corrected chi connectivity index (χ2v) is 6.39. The van der Waals surface area contributed by atoms with Gasteiger partial charge < -0.3 is 15.3 Å². The van der Waals surface area contributed by atoms with E-state index in [0.717, 1.165) is 45.2 Å². The maximum Gasteiger partial charge on any atom is 0.228 e. The molecule has 4 heteroatoms. The molecular weight excluding hydrogens is 240 g/mol. The highest BCUT2D eigenvalue weighted by atomic mass is 16.3. The molecule has 0 aromatic heterocycles. The van der Waals surface area contributed by atoms with Crippen LogP contribution in [-0.2, 0) is 4.79 Å². The van der Waals surface area contributed by atoms with Crippen molar-refractivity contribution < 1.29 is 9.90 Å². The van der Waals surface area contributed by atoms with Crippen LogP contribution in [0.1, 0.15) is 51.9 Å². The maximum absolute atomic E-state index is 12.8. The monoisotopic (exact) mass is 268 g/mol. The number of carbonyl (C=O) groups excluding carboxylic acids is 1. The fourth-order valence-corrected chi connectivity index (χ4v) is 3.50. The number of aliphatic hydroxyl groups is 1. The largest absolute Gasteiger partial charge is 0.395 e. The zero-order valence-corrected chi connectivity index (χ0v) is 12.2. The summed E-state index contributed by atoms with van der Waals surface area (Å²) in [5.74, 6) is 0.259. The minimum atomic E-state index is -0.188. The Balaban J connectivity index is 1.97. The number of amides is 1. The lowest BCUT2D eigenvalue weighted by Gasteiger charge is -2.38. The number of nitrogens with one attached hydrogen (secondary N) is 1. The molecule has 1 aliphatic heterocycles. The molecule has 0 radical (unpaired) electrons. The van der Waals surface area contributed by atoms with E-state index in [1.165, 1.54) is 12.8 Å². The molecule has 0 spiro atoms. The zero-order chi connectivity index (χ0) is 13.7. The number of carbonyl (C=O) groups is 1. The summed E-state index contributed by atoms with van der Waals surface area (Å²) in [4.78, 5) is 14.7. The van der Waals surface area contributed by atoms with E-state index in [9.17, 15) is 9.90 Å². The van der Waals surface area contributed by atoms with Gasteiger partial charge in [-0.1, -0.05) is 26.2 Å². The topological polar surface area (TPSA) is 52.6 Å². The van der Waals surface area contributed by atoms with Gasteiger partial charge in [0, 0.05) is 24.5 Å². The Morgan fingerprint density at radius 3 is 2.63 bits per heavy atom. The van der Waals surface area contributed by atoms with Crippen LogP contribution in [0.5, 0.6) is 0 Å². The minimum Gasteiger partial charge on any atom is -0.395 e. The number of nitrogens with zero attached hydrogens (tertiary/aromatic N) is 1. The van der Waals surface area contributed by atoms with Gasteiger partial charge in [0.05, 0.1) is 6.61 Å². The van der Waals surface area contributed by atoms with E-state index in [4.69, 9.17) is 0 Å². The van der Waals surface area contributed by atoms with Gasteiger partial charge in [0.15, 0.2) is 0 Å². The molecule has 0 aromatic rings. The summed E-state index contributed by atoms with van der Waals surface area (Å²) in [7, 11) is 0. The number of rotatable bonds is 5. The Labute approximate surface area is 116 Å². The highest BCUT2D eigenvalue weighted by molar-refractivity contribution is 5.82. The number of hydrogen-bond donors (Lipinski definition) is 2. The Bertz CT molecular complexity index is 295. The number of aliphatic hydroxyl groups excluding tert-OH is 1. The first-order valence-corrected chi connectivity index (χ1v) is 7.79. The van der Waals surface area contributed by atoms with Gasteiger partial charge in [-0.05, 0) is 32.2 Å².